The van der Waals surface area contributed by atoms with Crippen molar-refractivity contribution in [3.63, 3.8) is 0 Å². The monoisotopic (exact) mass is 380 g/mol. The second kappa shape index (κ2) is 8.74. The van der Waals surface area contributed by atoms with E-state index < -0.39 is 0 Å². The first-order valence-corrected chi connectivity index (χ1v) is 8.24. The van der Waals surface area contributed by atoms with Gasteiger partial charge in [0, 0.05) is 11.0 Å². The van der Waals surface area contributed by atoms with Crippen molar-refractivity contribution in [3.05, 3.63) is 52.4 Å². The van der Waals surface area contributed by atoms with E-state index >= 15 is 0 Å². The minimum atomic E-state index is -0.196. The van der Waals surface area contributed by atoms with Crippen molar-refractivity contribution in [2.24, 2.45) is 0 Å². The molecule has 1 N–H and O–H groups in total. The van der Waals surface area contributed by atoms with Crippen LogP contribution in [-0.2, 0) is 6.61 Å². The van der Waals surface area contributed by atoms with E-state index in [1.807, 2.05) is 38.4 Å². The molecule has 23 heavy (non-hydrogen) atoms. The van der Waals surface area contributed by atoms with Gasteiger partial charge >= 0.3 is 0 Å². The van der Waals surface area contributed by atoms with Gasteiger partial charge in [0.2, 0.25) is 0 Å². The van der Waals surface area contributed by atoms with Crippen LogP contribution in [0.25, 0.3) is 0 Å². The van der Waals surface area contributed by atoms with Crippen molar-refractivity contribution in [2.45, 2.75) is 13.0 Å². The summed E-state index contributed by atoms with van der Waals surface area (Å²) in [4.78, 5) is 14.0. The SMILES string of the molecule is CN(C)CCCNC(=O)c1ccc(COc2ccc(Br)cc2)o1. The summed E-state index contributed by atoms with van der Waals surface area (Å²) in [5.74, 6) is 1.48. The Balaban J connectivity index is 1.78. The number of hydrogen-bond donors (Lipinski definition) is 1. The molecular weight excluding hydrogens is 360 g/mol. The number of carbonyl (C=O) groups excluding carboxylic acids is 1. The summed E-state index contributed by atoms with van der Waals surface area (Å²) in [5.41, 5.74) is 0. The Bertz CT molecular complexity index is 623. The second-order valence-corrected chi connectivity index (χ2v) is 6.34. The summed E-state index contributed by atoms with van der Waals surface area (Å²) >= 11 is 3.37. The van der Waals surface area contributed by atoms with Gasteiger partial charge < -0.3 is 19.4 Å². The molecule has 1 amide bonds. The zero-order valence-electron chi connectivity index (χ0n) is 13.3. The smallest absolute Gasteiger partial charge is 0.286 e. The van der Waals surface area contributed by atoms with Crippen LogP contribution in [0, 0.1) is 0 Å². The van der Waals surface area contributed by atoms with E-state index in [9.17, 15) is 4.79 Å². The lowest BCUT2D eigenvalue weighted by Gasteiger charge is -2.09. The minimum absolute atomic E-state index is 0.196. The van der Waals surface area contributed by atoms with E-state index in [2.05, 4.69) is 26.1 Å². The molecule has 0 unspecified atom stereocenters. The molecule has 0 radical (unpaired) electrons. The third-order valence-corrected chi connectivity index (χ3v) is 3.68. The van der Waals surface area contributed by atoms with Gasteiger partial charge in [0.25, 0.3) is 5.91 Å². The molecule has 1 aromatic heterocycles. The number of amides is 1. The van der Waals surface area contributed by atoms with Gasteiger partial charge in [-0.1, -0.05) is 15.9 Å². The fourth-order valence-corrected chi connectivity index (χ4v) is 2.21. The van der Waals surface area contributed by atoms with Crippen LogP contribution in [0.5, 0.6) is 5.75 Å². The molecule has 1 heterocycles. The van der Waals surface area contributed by atoms with Crippen molar-refractivity contribution in [3.8, 4) is 5.75 Å². The van der Waals surface area contributed by atoms with Gasteiger partial charge in [-0.2, -0.15) is 0 Å². The normalized spacial score (nSPS) is 10.8. The highest BCUT2D eigenvalue weighted by molar-refractivity contribution is 9.10. The summed E-state index contributed by atoms with van der Waals surface area (Å²) < 4.78 is 12.1. The number of nitrogens with zero attached hydrogens (tertiary/aromatic N) is 1. The molecule has 0 spiro atoms. The highest BCUT2D eigenvalue weighted by Crippen LogP contribution is 2.18. The Kier molecular flexibility index (Phi) is 6.67. The summed E-state index contributed by atoms with van der Waals surface area (Å²) in [7, 11) is 4.01. The average molecular weight is 381 g/mol. The first-order chi connectivity index (χ1) is 11.0. The average Bonchev–Trinajstić information content (AvgIpc) is 3.00. The van der Waals surface area contributed by atoms with Crippen LogP contribution in [0.2, 0.25) is 0 Å². The van der Waals surface area contributed by atoms with E-state index in [0.29, 0.717) is 18.1 Å². The summed E-state index contributed by atoms with van der Waals surface area (Å²) in [6.45, 7) is 1.85. The van der Waals surface area contributed by atoms with Gasteiger partial charge in [-0.3, -0.25) is 4.79 Å². The Labute approximate surface area is 144 Å². The quantitative estimate of drug-likeness (QED) is 0.713. The Hall–Kier alpha value is -1.79. The molecule has 6 heteroatoms. The van der Waals surface area contributed by atoms with Crippen LogP contribution in [0.3, 0.4) is 0 Å². The van der Waals surface area contributed by atoms with Crippen molar-refractivity contribution in [2.75, 3.05) is 27.2 Å². The topological polar surface area (TPSA) is 54.7 Å². The van der Waals surface area contributed by atoms with Crippen LogP contribution in [0.4, 0.5) is 0 Å². The Morgan fingerprint density at radius 2 is 1.96 bits per heavy atom. The van der Waals surface area contributed by atoms with Crippen LogP contribution < -0.4 is 10.1 Å². The molecule has 1 aromatic carbocycles. The predicted molar refractivity (Wildman–Crippen MR) is 92.7 cm³/mol. The maximum Gasteiger partial charge on any atom is 0.286 e. The van der Waals surface area contributed by atoms with E-state index in [0.717, 1.165) is 23.2 Å². The highest BCUT2D eigenvalue weighted by atomic mass is 79.9. The zero-order chi connectivity index (χ0) is 16.7. The Morgan fingerprint density at radius 3 is 2.65 bits per heavy atom. The van der Waals surface area contributed by atoms with E-state index in [4.69, 9.17) is 9.15 Å². The van der Waals surface area contributed by atoms with Crippen molar-refractivity contribution < 1.29 is 13.9 Å². The lowest BCUT2D eigenvalue weighted by atomic mass is 10.3. The second-order valence-electron chi connectivity index (χ2n) is 5.42. The number of furan rings is 1. The van der Waals surface area contributed by atoms with Crippen LogP contribution in [0.1, 0.15) is 22.7 Å². The van der Waals surface area contributed by atoms with E-state index in [1.54, 1.807) is 12.1 Å². The molecule has 0 saturated carbocycles. The molecule has 0 aliphatic heterocycles. The molecule has 5 nitrogen and oxygen atoms in total. The Morgan fingerprint density at radius 1 is 1.22 bits per heavy atom. The molecule has 0 bridgehead atoms. The molecular formula is C17H21BrN2O3. The van der Waals surface area contributed by atoms with Crippen molar-refractivity contribution in [1.82, 2.24) is 10.2 Å². The van der Waals surface area contributed by atoms with Gasteiger partial charge in [0.05, 0.1) is 0 Å². The number of rotatable bonds is 8. The molecule has 2 aromatic rings. The molecule has 0 aliphatic carbocycles. The number of ether oxygens (including phenoxy) is 1. The predicted octanol–water partition coefficient (Wildman–Crippen LogP) is 3.30. The third-order valence-electron chi connectivity index (χ3n) is 3.15. The van der Waals surface area contributed by atoms with Gasteiger partial charge in [0.1, 0.15) is 18.1 Å². The molecule has 0 atom stereocenters. The number of hydrogen-bond acceptors (Lipinski definition) is 4. The minimum Gasteiger partial charge on any atom is -0.486 e. The number of nitrogens with one attached hydrogen (secondary N) is 1. The maximum atomic E-state index is 11.9. The summed E-state index contributed by atoms with van der Waals surface area (Å²) in [5, 5.41) is 2.84. The number of carbonyl (C=O) groups is 1. The zero-order valence-corrected chi connectivity index (χ0v) is 14.9. The van der Waals surface area contributed by atoms with Gasteiger partial charge in [-0.15, -0.1) is 0 Å². The van der Waals surface area contributed by atoms with Gasteiger partial charge in [-0.05, 0) is 63.5 Å². The first kappa shape index (κ1) is 17.6. The van der Waals surface area contributed by atoms with Crippen LogP contribution in [0.15, 0.2) is 45.3 Å². The lowest BCUT2D eigenvalue weighted by molar-refractivity contribution is 0.0920. The van der Waals surface area contributed by atoms with Crippen LogP contribution in [-0.4, -0.2) is 38.0 Å². The maximum absolute atomic E-state index is 11.9. The molecule has 124 valence electrons. The largest absolute Gasteiger partial charge is 0.486 e. The van der Waals surface area contributed by atoms with E-state index in [1.165, 1.54) is 0 Å². The molecule has 2 rings (SSSR count). The fraction of sp³-hybridized carbons (Fsp3) is 0.353. The lowest BCUT2D eigenvalue weighted by Crippen LogP contribution is -2.26. The first-order valence-electron chi connectivity index (χ1n) is 7.44. The fourth-order valence-electron chi connectivity index (χ4n) is 1.95. The summed E-state index contributed by atoms with van der Waals surface area (Å²) in [6.07, 6.45) is 0.902. The highest BCUT2D eigenvalue weighted by Gasteiger charge is 2.11. The standard InChI is InChI=1S/C17H21BrN2O3/c1-20(2)11-3-10-19-17(21)16-9-8-15(23-16)12-22-14-6-4-13(18)5-7-14/h4-9H,3,10-12H2,1-2H3,(H,19,21). The van der Waals surface area contributed by atoms with Gasteiger partial charge in [-0.25, -0.2) is 0 Å². The number of benzene rings is 1. The molecule has 0 fully saturated rings. The summed E-state index contributed by atoms with van der Waals surface area (Å²) in [6, 6.07) is 11.0. The molecule has 0 aliphatic rings. The third kappa shape index (κ3) is 6.08. The van der Waals surface area contributed by atoms with Crippen molar-refractivity contribution in [1.29, 1.82) is 0 Å². The van der Waals surface area contributed by atoms with Crippen LogP contribution >= 0.6 is 15.9 Å². The van der Waals surface area contributed by atoms with Gasteiger partial charge in [0.15, 0.2) is 5.76 Å². The van der Waals surface area contributed by atoms with E-state index in [-0.39, 0.29) is 12.5 Å². The van der Waals surface area contributed by atoms with Crippen molar-refractivity contribution >= 4 is 21.8 Å². The number of halogens is 1. The molecule has 0 saturated heterocycles.